The van der Waals surface area contributed by atoms with E-state index >= 15 is 0 Å². The molecule has 1 amide bonds. The number of rotatable bonds is 8. The van der Waals surface area contributed by atoms with E-state index in [0.717, 1.165) is 5.69 Å². The van der Waals surface area contributed by atoms with Crippen molar-refractivity contribution >= 4 is 23.4 Å². The molecule has 0 aliphatic heterocycles. The van der Waals surface area contributed by atoms with Crippen molar-refractivity contribution in [3.63, 3.8) is 0 Å². The fourth-order valence-electron chi connectivity index (χ4n) is 4.39. The number of benzene rings is 1. The summed E-state index contributed by atoms with van der Waals surface area (Å²) in [6.45, 7) is 1.52. The highest BCUT2D eigenvalue weighted by Crippen LogP contribution is 2.48. The van der Waals surface area contributed by atoms with Gasteiger partial charge in [-0.05, 0) is 44.2 Å². The SMILES string of the molecule is CN[C@H]1CCCC(F)(F)[C@]1(C)CNc1ncc(C(N)=O)c(Nc2cccc(-n3cccn3)c2)n1. The summed E-state index contributed by atoms with van der Waals surface area (Å²) in [7, 11) is 1.70. The maximum absolute atomic E-state index is 14.9. The summed E-state index contributed by atoms with van der Waals surface area (Å²) in [5.74, 6) is -3.27. The Morgan fingerprint density at radius 1 is 1.32 bits per heavy atom. The van der Waals surface area contributed by atoms with E-state index in [-0.39, 0.29) is 36.3 Å². The van der Waals surface area contributed by atoms with Crippen LogP contribution >= 0.6 is 0 Å². The number of alkyl halides is 2. The molecule has 1 saturated carbocycles. The number of halogens is 2. The molecule has 1 aliphatic carbocycles. The van der Waals surface area contributed by atoms with E-state index in [1.54, 1.807) is 37.1 Å². The molecule has 0 unspecified atom stereocenters. The molecule has 2 aromatic heterocycles. The van der Waals surface area contributed by atoms with E-state index in [1.165, 1.54) is 6.20 Å². The first kappa shape index (κ1) is 23.6. The van der Waals surface area contributed by atoms with E-state index in [2.05, 4.69) is 31.0 Å². The predicted octanol–water partition coefficient (Wildman–Crippen LogP) is 3.33. The summed E-state index contributed by atoms with van der Waals surface area (Å²) in [6.07, 6.45) is 5.72. The quantitative estimate of drug-likeness (QED) is 0.398. The molecule has 0 radical (unpaired) electrons. The van der Waals surface area contributed by atoms with Gasteiger partial charge in [0.2, 0.25) is 5.95 Å². The van der Waals surface area contributed by atoms with Gasteiger partial charge in [-0.15, -0.1) is 0 Å². The second-order valence-electron chi connectivity index (χ2n) is 8.66. The van der Waals surface area contributed by atoms with Gasteiger partial charge in [0.05, 0.1) is 11.1 Å². The van der Waals surface area contributed by atoms with E-state index in [4.69, 9.17) is 5.73 Å². The molecule has 2 atom stereocenters. The fraction of sp³-hybridized carbons (Fsp3) is 0.391. The van der Waals surface area contributed by atoms with Crippen LogP contribution in [0, 0.1) is 5.41 Å². The second-order valence-corrected chi connectivity index (χ2v) is 8.66. The number of aromatic nitrogens is 4. The first-order valence-electron chi connectivity index (χ1n) is 11.1. The maximum atomic E-state index is 14.9. The fourth-order valence-corrected chi connectivity index (χ4v) is 4.39. The number of primary amides is 1. The van der Waals surface area contributed by atoms with Gasteiger partial charge in [0.25, 0.3) is 11.8 Å². The van der Waals surface area contributed by atoms with E-state index in [1.807, 2.05) is 24.3 Å². The van der Waals surface area contributed by atoms with Gasteiger partial charge in [0.15, 0.2) is 0 Å². The monoisotopic (exact) mass is 470 g/mol. The van der Waals surface area contributed by atoms with Gasteiger partial charge in [-0.2, -0.15) is 10.1 Å². The number of anilines is 3. The van der Waals surface area contributed by atoms with Gasteiger partial charge in [0, 0.05) is 43.3 Å². The molecule has 1 fully saturated rings. The summed E-state index contributed by atoms with van der Waals surface area (Å²) in [5.41, 5.74) is 5.69. The van der Waals surface area contributed by atoms with Crippen LogP contribution in [0.1, 0.15) is 36.5 Å². The Morgan fingerprint density at radius 3 is 2.85 bits per heavy atom. The van der Waals surface area contributed by atoms with Crippen molar-refractivity contribution in [2.24, 2.45) is 11.1 Å². The highest BCUT2D eigenvalue weighted by Gasteiger charge is 2.56. The molecule has 0 saturated heterocycles. The highest BCUT2D eigenvalue weighted by atomic mass is 19.3. The lowest BCUT2D eigenvalue weighted by atomic mass is 9.68. The molecule has 180 valence electrons. The molecule has 1 aromatic carbocycles. The maximum Gasteiger partial charge on any atom is 0.256 e. The molecule has 0 bridgehead atoms. The van der Waals surface area contributed by atoms with Crippen LogP contribution in [-0.4, -0.2) is 51.2 Å². The average Bonchev–Trinajstić information content (AvgIpc) is 3.35. The lowest BCUT2D eigenvalue weighted by molar-refractivity contribution is -0.148. The van der Waals surface area contributed by atoms with E-state index in [9.17, 15) is 13.6 Å². The topological polar surface area (TPSA) is 123 Å². The van der Waals surface area contributed by atoms with Crippen molar-refractivity contribution in [3.8, 4) is 5.69 Å². The number of carbonyl (C=O) groups is 1. The van der Waals surface area contributed by atoms with Crippen molar-refractivity contribution < 1.29 is 13.6 Å². The first-order valence-corrected chi connectivity index (χ1v) is 11.1. The molecule has 5 N–H and O–H groups in total. The van der Waals surface area contributed by atoms with Crippen molar-refractivity contribution in [3.05, 3.63) is 54.5 Å². The van der Waals surface area contributed by atoms with Crippen LogP contribution in [0.25, 0.3) is 5.69 Å². The average molecular weight is 471 g/mol. The van der Waals surface area contributed by atoms with E-state index in [0.29, 0.717) is 18.5 Å². The Labute approximate surface area is 196 Å². The predicted molar refractivity (Wildman–Crippen MR) is 126 cm³/mol. The summed E-state index contributed by atoms with van der Waals surface area (Å²) in [6, 6.07) is 8.78. The van der Waals surface area contributed by atoms with E-state index < -0.39 is 17.2 Å². The Kier molecular flexibility index (Phi) is 6.47. The summed E-state index contributed by atoms with van der Waals surface area (Å²) in [5, 5.41) is 13.3. The Bertz CT molecular complexity index is 1150. The van der Waals surface area contributed by atoms with Gasteiger partial charge in [-0.3, -0.25) is 4.79 Å². The largest absolute Gasteiger partial charge is 0.365 e. The number of hydrogen-bond acceptors (Lipinski definition) is 7. The number of nitrogens with one attached hydrogen (secondary N) is 3. The smallest absolute Gasteiger partial charge is 0.256 e. The highest BCUT2D eigenvalue weighted by molar-refractivity contribution is 5.98. The Balaban J connectivity index is 1.58. The van der Waals surface area contributed by atoms with Crippen molar-refractivity contribution in [2.45, 2.75) is 38.2 Å². The molecule has 1 aliphatic rings. The summed E-state index contributed by atoms with van der Waals surface area (Å²) >= 11 is 0. The van der Waals surface area contributed by atoms with Crippen molar-refractivity contribution in [2.75, 3.05) is 24.2 Å². The van der Waals surface area contributed by atoms with Crippen LogP contribution in [-0.2, 0) is 0 Å². The van der Waals surface area contributed by atoms with Crippen LogP contribution in [0.5, 0.6) is 0 Å². The zero-order valence-corrected chi connectivity index (χ0v) is 19.1. The van der Waals surface area contributed by atoms with Gasteiger partial charge in [-0.1, -0.05) is 13.0 Å². The number of hydrogen-bond donors (Lipinski definition) is 4. The lowest BCUT2D eigenvalue weighted by Gasteiger charge is -2.47. The molecular formula is C23H28F2N8O. The minimum Gasteiger partial charge on any atom is -0.365 e. The van der Waals surface area contributed by atoms with Crippen molar-refractivity contribution in [1.29, 1.82) is 0 Å². The molecular weight excluding hydrogens is 442 g/mol. The third-order valence-electron chi connectivity index (χ3n) is 6.48. The first-order chi connectivity index (χ1) is 16.2. The molecule has 3 aromatic rings. The normalized spacial score (nSPS) is 21.7. The second kappa shape index (κ2) is 9.34. The number of amides is 1. The minimum atomic E-state index is -2.85. The lowest BCUT2D eigenvalue weighted by Crippen LogP contribution is -2.59. The molecule has 9 nitrogen and oxygen atoms in total. The third kappa shape index (κ3) is 4.56. The standard InChI is InChI=1S/C23H28F2N8O/c1-22(18(27-2)8-4-9-23(22,24)25)14-29-21-28-13-17(19(26)34)20(32-21)31-15-6-3-7-16(12-15)33-11-5-10-30-33/h3,5-7,10-13,18,27H,4,8-9,14H2,1-2H3,(H2,26,34)(H2,28,29,31,32)/t18-,22+/m0/s1. The molecule has 4 rings (SSSR count). The third-order valence-corrected chi connectivity index (χ3v) is 6.48. The van der Waals surface area contributed by atoms with Crippen LogP contribution in [0.2, 0.25) is 0 Å². The Morgan fingerprint density at radius 2 is 2.15 bits per heavy atom. The zero-order valence-electron chi connectivity index (χ0n) is 19.1. The summed E-state index contributed by atoms with van der Waals surface area (Å²) < 4.78 is 31.5. The van der Waals surface area contributed by atoms with Crippen LogP contribution in [0.4, 0.5) is 26.2 Å². The molecule has 2 heterocycles. The van der Waals surface area contributed by atoms with Gasteiger partial charge in [0.1, 0.15) is 11.4 Å². The van der Waals surface area contributed by atoms with Crippen LogP contribution in [0.15, 0.2) is 48.9 Å². The number of nitrogens with zero attached hydrogens (tertiary/aromatic N) is 4. The van der Waals surface area contributed by atoms with Gasteiger partial charge >= 0.3 is 0 Å². The Hall–Kier alpha value is -3.60. The molecule has 11 heteroatoms. The van der Waals surface area contributed by atoms with Gasteiger partial charge in [-0.25, -0.2) is 18.4 Å². The van der Waals surface area contributed by atoms with Crippen LogP contribution in [0.3, 0.4) is 0 Å². The minimum absolute atomic E-state index is 0.0460. The van der Waals surface area contributed by atoms with Crippen LogP contribution < -0.4 is 21.7 Å². The number of nitrogens with two attached hydrogens (primary N) is 1. The molecule has 34 heavy (non-hydrogen) atoms. The van der Waals surface area contributed by atoms with Gasteiger partial charge < -0.3 is 21.7 Å². The number of carbonyl (C=O) groups excluding carboxylic acids is 1. The zero-order chi connectivity index (χ0) is 24.3. The molecule has 0 spiro atoms. The summed E-state index contributed by atoms with van der Waals surface area (Å²) in [4.78, 5) is 20.5. The van der Waals surface area contributed by atoms with Crippen molar-refractivity contribution in [1.82, 2.24) is 25.1 Å².